The molecule has 0 amide bonds. The summed E-state index contributed by atoms with van der Waals surface area (Å²) in [5, 5.41) is 0. The zero-order valence-electron chi connectivity index (χ0n) is 7.99. The zero-order chi connectivity index (χ0) is 11.2. The monoisotopic (exact) mass is 244 g/mol. The van der Waals surface area contributed by atoms with Crippen molar-refractivity contribution < 1.29 is 28.0 Å². The van der Waals surface area contributed by atoms with Gasteiger partial charge in [0.05, 0.1) is 13.2 Å². The summed E-state index contributed by atoms with van der Waals surface area (Å²) in [4.78, 5) is 18.0. The smallest absolute Gasteiger partial charge is 0.321 e. The van der Waals surface area contributed by atoms with E-state index in [1.807, 2.05) is 0 Å². The molecule has 2 atom stereocenters. The molecule has 0 aromatic rings. The van der Waals surface area contributed by atoms with E-state index in [1.165, 1.54) is 13.8 Å². The van der Waals surface area contributed by atoms with Crippen molar-refractivity contribution in [3.63, 3.8) is 0 Å². The van der Waals surface area contributed by atoms with Crippen molar-refractivity contribution in [3.8, 4) is 0 Å². The molecular formula is C6H14O6P2. The van der Waals surface area contributed by atoms with Gasteiger partial charge in [0.2, 0.25) is 0 Å². The van der Waals surface area contributed by atoms with Gasteiger partial charge >= 0.3 is 15.2 Å². The molecule has 84 valence electrons. The minimum absolute atomic E-state index is 0.0441. The van der Waals surface area contributed by atoms with Gasteiger partial charge < -0.3 is 18.8 Å². The first kappa shape index (κ1) is 14.0. The van der Waals surface area contributed by atoms with Gasteiger partial charge in [-0.05, 0) is 13.8 Å². The van der Waals surface area contributed by atoms with Crippen LogP contribution in [0.25, 0.3) is 0 Å². The van der Waals surface area contributed by atoms with E-state index in [1.54, 1.807) is 0 Å². The van der Waals surface area contributed by atoms with Crippen LogP contribution in [0.4, 0.5) is 0 Å². The van der Waals surface area contributed by atoms with Crippen LogP contribution in [0.1, 0.15) is 13.8 Å². The summed E-state index contributed by atoms with van der Waals surface area (Å²) in [5.41, 5.74) is 0. The minimum atomic E-state index is -3.91. The predicted molar refractivity (Wildman–Crippen MR) is 52.0 cm³/mol. The average molecular weight is 244 g/mol. The van der Waals surface area contributed by atoms with Gasteiger partial charge in [0.15, 0.2) is 0 Å². The van der Waals surface area contributed by atoms with Crippen molar-refractivity contribution in [3.05, 3.63) is 11.6 Å². The number of hydrogen-bond acceptors (Lipinski definition) is 4. The van der Waals surface area contributed by atoms with Gasteiger partial charge in [-0.2, -0.15) is 0 Å². The van der Waals surface area contributed by atoms with E-state index in [9.17, 15) is 9.13 Å². The molecule has 0 aliphatic carbocycles. The molecule has 0 aliphatic heterocycles. The van der Waals surface area contributed by atoms with Crippen molar-refractivity contribution in [2.75, 3.05) is 13.2 Å². The molecule has 2 N–H and O–H groups in total. The summed E-state index contributed by atoms with van der Waals surface area (Å²) in [5.74, 6) is 1.32. The molecule has 6 nitrogen and oxygen atoms in total. The molecule has 0 rings (SSSR count). The zero-order valence-corrected chi connectivity index (χ0v) is 9.78. The van der Waals surface area contributed by atoms with E-state index in [0.29, 0.717) is 11.6 Å². The van der Waals surface area contributed by atoms with Crippen LogP contribution in [0.15, 0.2) is 11.6 Å². The molecule has 2 unspecified atom stereocenters. The predicted octanol–water partition coefficient (Wildman–Crippen LogP) is 1.90. The first-order valence-electron chi connectivity index (χ1n) is 3.97. The summed E-state index contributed by atoms with van der Waals surface area (Å²) in [6.45, 7) is 3.17. The second-order valence-electron chi connectivity index (χ2n) is 2.26. The number of hydrogen-bond donors (Lipinski definition) is 2. The fraction of sp³-hybridized carbons (Fsp3) is 0.667. The van der Waals surface area contributed by atoms with Gasteiger partial charge in [0, 0.05) is 11.6 Å². The van der Waals surface area contributed by atoms with Crippen molar-refractivity contribution >= 4 is 15.2 Å². The molecule has 0 saturated carbocycles. The first-order valence-corrected chi connectivity index (χ1v) is 7.26. The van der Waals surface area contributed by atoms with Gasteiger partial charge in [0.1, 0.15) is 0 Å². The maximum atomic E-state index is 11.0. The summed E-state index contributed by atoms with van der Waals surface area (Å²) < 4.78 is 30.9. The first-order chi connectivity index (χ1) is 6.33. The van der Waals surface area contributed by atoms with E-state index in [-0.39, 0.29) is 13.2 Å². The quantitative estimate of drug-likeness (QED) is 0.693. The lowest BCUT2D eigenvalue weighted by molar-refractivity contribution is 0.278. The lowest BCUT2D eigenvalue weighted by Gasteiger charge is -2.07. The molecule has 0 radical (unpaired) electrons. The Hall–Kier alpha value is 0.0400. The Kier molecular flexibility index (Phi) is 5.83. The molecule has 0 aromatic heterocycles. The second kappa shape index (κ2) is 5.81. The minimum Gasteiger partial charge on any atom is -0.321 e. The largest absolute Gasteiger partial charge is 0.351 e. The van der Waals surface area contributed by atoms with Gasteiger partial charge in [-0.3, -0.25) is 9.13 Å². The van der Waals surface area contributed by atoms with Crippen molar-refractivity contribution in [1.82, 2.24) is 0 Å². The summed E-state index contributed by atoms with van der Waals surface area (Å²) >= 11 is 0. The fourth-order valence-electron chi connectivity index (χ4n) is 0.625. The Morgan fingerprint density at radius 1 is 1.00 bits per heavy atom. The van der Waals surface area contributed by atoms with Gasteiger partial charge in [0.25, 0.3) is 0 Å². The Balaban J connectivity index is 4.43. The molecule has 0 fully saturated rings. The van der Waals surface area contributed by atoms with Crippen molar-refractivity contribution in [2.24, 2.45) is 0 Å². The molecule has 0 saturated heterocycles. The highest BCUT2D eigenvalue weighted by Gasteiger charge is 2.19. The summed E-state index contributed by atoms with van der Waals surface area (Å²) in [6, 6.07) is 0. The summed E-state index contributed by atoms with van der Waals surface area (Å²) in [7, 11) is -7.81. The standard InChI is InChI=1S/C6H14O6P2/c1-3-11-13(7,8)5-6-14(9,10)12-4-2/h5-6H,3-4H2,1-2H3,(H,7,8)(H,9,10)/b6-5+. The van der Waals surface area contributed by atoms with E-state index in [4.69, 9.17) is 9.79 Å². The molecular weight excluding hydrogens is 230 g/mol. The molecule has 0 aromatic carbocycles. The van der Waals surface area contributed by atoms with E-state index in [2.05, 4.69) is 9.05 Å². The van der Waals surface area contributed by atoms with Crippen LogP contribution in [-0.2, 0) is 18.2 Å². The van der Waals surface area contributed by atoms with Crippen LogP contribution >= 0.6 is 15.2 Å². The lowest BCUT2D eigenvalue weighted by Crippen LogP contribution is -1.87. The highest BCUT2D eigenvalue weighted by molar-refractivity contribution is 7.60. The molecule has 0 aliphatic rings. The average Bonchev–Trinajstić information content (AvgIpc) is 2.01. The lowest BCUT2D eigenvalue weighted by atomic mass is 10.9. The Morgan fingerprint density at radius 2 is 1.29 bits per heavy atom. The number of rotatable bonds is 6. The second-order valence-corrected chi connectivity index (χ2v) is 5.63. The Bertz CT molecular complexity index is 258. The van der Waals surface area contributed by atoms with Crippen LogP contribution in [0.5, 0.6) is 0 Å². The van der Waals surface area contributed by atoms with E-state index in [0.717, 1.165) is 0 Å². The molecule has 0 bridgehead atoms. The van der Waals surface area contributed by atoms with Crippen LogP contribution in [0, 0.1) is 0 Å². The van der Waals surface area contributed by atoms with Crippen LogP contribution in [0.3, 0.4) is 0 Å². The van der Waals surface area contributed by atoms with Crippen LogP contribution in [-0.4, -0.2) is 23.0 Å². The van der Waals surface area contributed by atoms with Crippen LogP contribution < -0.4 is 0 Å². The van der Waals surface area contributed by atoms with E-state index < -0.39 is 15.2 Å². The normalized spacial score (nSPS) is 20.6. The topological polar surface area (TPSA) is 93.1 Å². The van der Waals surface area contributed by atoms with Crippen molar-refractivity contribution in [2.45, 2.75) is 13.8 Å². The van der Waals surface area contributed by atoms with Crippen molar-refractivity contribution in [1.29, 1.82) is 0 Å². The highest BCUT2D eigenvalue weighted by Crippen LogP contribution is 2.50. The van der Waals surface area contributed by atoms with E-state index >= 15 is 0 Å². The third kappa shape index (κ3) is 6.49. The van der Waals surface area contributed by atoms with Gasteiger partial charge in [-0.15, -0.1) is 0 Å². The summed E-state index contributed by atoms with van der Waals surface area (Å²) in [6.07, 6.45) is 0. The van der Waals surface area contributed by atoms with Gasteiger partial charge in [-0.25, -0.2) is 0 Å². The molecule has 0 spiro atoms. The molecule has 8 heteroatoms. The SMILES string of the molecule is CCOP(=O)(O)/C=C/P(=O)(O)OCC. The van der Waals surface area contributed by atoms with Crippen LogP contribution in [0.2, 0.25) is 0 Å². The van der Waals surface area contributed by atoms with Gasteiger partial charge in [-0.1, -0.05) is 0 Å². The maximum absolute atomic E-state index is 11.0. The maximum Gasteiger partial charge on any atom is 0.351 e. The molecule has 14 heavy (non-hydrogen) atoms. The Labute approximate surface area is 82.6 Å². The Morgan fingerprint density at radius 3 is 1.50 bits per heavy atom. The third-order valence-corrected chi connectivity index (χ3v) is 3.61. The third-order valence-electron chi connectivity index (χ3n) is 1.07. The molecule has 0 heterocycles. The fourth-order valence-corrected chi connectivity index (χ4v) is 2.88. The highest BCUT2D eigenvalue weighted by atomic mass is 31.2.